The average Bonchev–Trinajstić information content (AvgIpc) is 3.40. The van der Waals surface area contributed by atoms with Crippen molar-refractivity contribution >= 4 is 16.7 Å². The normalized spacial score (nSPS) is 20.6. The van der Waals surface area contributed by atoms with E-state index in [9.17, 15) is 5.11 Å². The van der Waals surface area contributed by atoms with Gasteiger partial charge in [0.25, 0.3) is 0 Å². The number of hydrogen-bond acceptors (Lipinski definition) is 5. The highest BCUT2D eigenvalue weighted by atomic mass is 16.3. The van der Waals surface area contributed by atoms with Gasteiger partial charge in [-0.2, -0.15) is 9.61 Å². The van der Waals surface area contributed by atoms with Gasteiger partial charge in [-0.25, -0.2) is 9.97 Å². The molecule has 6 rings (SSSR count). The van der Waals surface area contributed by atoms with Crippen molar-refractivity contribution in [1.82, 2.24) is 19.6 Å². The van der Waals surface area contributed by atoms with Crippen LogP contribution in [0.15, 0.2) is 72.9 Å². The molecule has 164 valence electrons. The van der Waals surface area contributed by atoms with Gasteiger partial charge in [0.2, 0.25) is 0 Å². The number of fused-ring (bicyclic) bond motifs is 3. The number of rotatable bonds is 3. The van der Waals surface area contributed by atoms with Gasteiger partial charge in [0.1, 0.15) is 0 Å². The summed E-state index contributed by atoms with van der Waals surface area (Å²) in [4.78, 5) is 9.67. The zero-order valence-electron chi connectivity index (χ0n) is 18.4. The van der Waals surface area contributed by atoms with E-state index < -0.39 is 5.54 Å². The number of benzene rings is 2. The van der Waals surface area contributed by atoms with Crippen LogP contribution in [-0.2, 0) is 5.54 Å². The minimum absolute atomic E-state index is 0.324. The van der Waals surface area contributed by atoms with E-state index in [4.69, 9.17) is 10.7 Å². The third kappa shape index (κ3) is 3.39. The Hall–Kier alpha value is -3.61. The molecular weight excluding hydrogens is 410 g/mol. The second-order valence-corrected chi connectivity index (χ2v) is 9.11. The Morgan fingerprint density at radius 3 is 2.55 bits per heavy atom. The third-order valence-electron chi connectivity index (χ3n) is 6.72. The van der Waals surface area contributed by atoms with E-state index >= 15 is 0 Å². The van der Waals surface area contributed by atoms with Crippen molar-refractivity contribution in [2.75, 3.05) is 0 Å². The quantitative estimate of drug-likeness (QED) is 0.432. The number of pyridine rings is 1. The van der Waals surface area contributed by atoms with Gasteiger partial charge in [-0.05, 0) is 43.4 Å². The van der Waals surface area contributed by atoms with E-state index in [2.05, 4.69) is 52.5 Å². The lowest BCUT2D eigenvalue weighted by Gasteiger charge is -2.24. The Balaban J connectivity index is 1.54. The summed E-state index contributed by atoms with van der Waals surface area (Å²) in [7, 11) is 0. The van der Waals surface area contributed by atoms with Gasteiger partial charge in [-0.15, -0.1) is 0 Å². The van der Waals surface area contributed by atoms with Gasteiger partial charge < -0.3 is 10.8 Å². The maximum Gasteiger partial charge on any atom is 0.165 e. The Labute approximate surface area is 191 Å². The zero-order chi connectivity index (χ0) is 22.6. The molecule has 0 saturated heterocycles. The molecule has 0 amide bonds. The van der Waals surface area contributed by atoms with Crippen LogP contribution in [0.2, 0.25) is 0 Å². The number of nitrogens with zero attached hydrogens (tertiary/aromatic N) is 4. The Kier molecular flexibility index (Phi) is 4.54. The number of aliphatic hydroxyl groups is 1. The number of aliphatic hydroxyl groups excluding tert-OH is 1. The van der Waals surface area contributed by atoms with Crippen molar-refractivity contribution in [1.29, 1.82) is 0 Å². The van der Waals surface area contributed by atoms with Crippen molar-refractivity contribution in [3.63, 3.8) is 0 Å². The van der Waals surface area contributed by atoms with Crippen LogP contribution in [0.1, 0.15) is 30.5 Å². The number of nitrogens with two attached hydrogens (primary N) is 1. The number of hydrogen-bond donors (Lipinski definition) is 2. The van der Waals surface area contributed by atoms with E-state index in [1.807, 2.05) is 41.9 Å². The number of aryl methyl sites for hydroxylation is 1. The maximum atomic E-state index is 10.0. The first-order valence-corrected chi connectivity index (χ1v) is 11.3. The molecule has 1 unspecified atom stereocenters. The first kappa shape index (κ1) is 20.0. The summed E-state index contributed by atoms with van der Waals surface area (Å²) >= 11 is 0. The molecule has 0 spiro atoms. The second-order valence-electron chi connectivity index (χ2n) is 9.11. The highest BCUT2D eigenvalue weighted by Crippen LogP contribution is 2.38. The fourth-order valence-corrected chi connectivity index (χ4v) is 4.98. The molecule has 1 fully saturated rings. The lowest BCUT2D eigenvalue weighted by molar-refractivity contribution is 0.174. The van der Waals surface area contributed by atoms with Gasteiger partial charge in [-0.3, -0.25) is 0 Å². The predicted molar refractivity (Wildman–Crippen MR) is 130 cm³/mol. The first-order valence-electron chi connectivity index (χ1n) is 11.3. The molecule has 0 bridgehead atoms. The summed E-state index contributed by atoms with van der Waals surface area (Å²) in [6.45, 7) is 1.96. The van der Waals surface area contributed by atoms with Crippen molar-refractivity contribution in [3.8, 4) is 22.4 Å². The second kappa shape index (κ2) is 7.47. The lowest BCUT2D eigenvalue weighted by atomic mass is 9.88. The molecule has 0 radical (unpaired) electrons. The SMILES string of the molecule is Cc1cc2ncc3cc(-c4ccccc4)c(-c4ccc([C@]5(N)CCC(O)C5)cc4)nc3n2n1. The molecule has 0 aliphatic heterocycles. The van der Waals surface area contributed by atoms with Crippen LogP contribution in [0.25, 0.3) is 39.1 Å². The summed E-state index contributed by atoms with van der Waals surface area (Å²) in [5.74, 6) is 0. The van der Waals surface area contributed by atoms with Crippen molar-refractivity contribution in [3.05, 3.63) is 84.2 Å². The summed E-state index contributed by atoms with van der Waals surface area (Å²) in [5, 5.41) is 15.6. The van der Waals surface area contributed by atoms with E-state index in [-0.39, 0.29) is 6.10 Å². The Morgan fingerprint density at radius 2 is 1.82 bits per heavy atom. The topological polar surface area (TPSA) is 89.3 Å². The summed E-state index contributed by atoms with van der Waals surface area (Å²) in [5.41, 5.74) is 13.7. The minimum atomic E-state index is -0.471. The lowest BCUT2D eigenvalue weighted by Crippen LogP contribution is -2.34. The molecule has 1 saturated carbocycles. The van der Waals surface area contributed by atoms with E-state index in [1.54, 1.807) is 0 Å². The highest BCUT2D eigenvalue weighted by molar-refractivity contribution is 5.90. The van der Waals surface area contributed by atoms with Gasteiger partial charge in [0.05, 0.1) is 17.5 Å². The molecule has 2 atom stereocenters. The van der Waals surface area contributed by atoms with E-state index in [1.165, 1.54) is 0 Å². The molecule has 2 aromatic carbocycles. The first-order chi connectivity index (χ1) is 16.0. The van der Waals surface area contributed by atoms with Crippen molar-refractivity contribution < 1.29 is 5.11 Å². The van der Waals surface area contributed by atoms with E-state index in [0.29, 0.717) is 6.42 Å². The smallest absolute Gasteiger partial charge is 0.165 e. The monoisotopic (exact) mass is 435 g/mol. The molecule has 6 heteroatoms. The van der Waals surface area contributed by atoms with E-state index in [0.717, 1.165) is 63.2 Å². The molecule has 3 heterocycles. The van der Waals surface area contributed by atoms with Crippen molar-refractivity contribution in [2.24, 2.45) is 5.73 Å². The number of aromatic nitrogens is 4. The molecule has 1 aliphatic carbocycles. The fraction of sp³-hybridized carbons (Fsp3) is 0.222. The molecule has 33 heavy (non-hydrogen) atoms. The standard InChI is InChI=1S/C27H25N5O/c1-17-13-24-29-16-20-14-23(18-5-3-2-4-6-18)25(30-26(20)32(24)31-17)19-7-9-21(10-8-19)27(28)12-11-22(33)15-27/h2-10,13-14,16,22,33H,11-12,15,28H2,1H3/t22?,27-/m0/s1. The molecule has 3 N–H and O–H groups in total. The average molecular weight is 436 g/mol. The van der Waals surface area contributed by atoms with Crippen molar-refractivity contribution in [2.45, 2.75) is 37.8 Å². The molecule has 3 aromatic heterocycles. The largest absolute Gasteiger partial charge is 0.393 e. The van der Waals surface area contributed by atoms with Crippen LogP contribution in [0.5, 0.6) is 0 Å². The molecule has 6 nitrogen and oxygen atoms in total. The predicted octanol–water partition coefficient (Wildman–Crippen LogP) is 4.62. The summed E-state index contributed by atoms with van der Waals surface area (Å²) < 4.78 is 1.81. The van der Waals surface area contributed by atoms with Gasteiger partial charge >= 0.3 is 0 Å². The van der Waals surface area contributed by atoms with Gasteiger partial charge in [0, 0.05) is 34.3 Å². The summed E-state index contributed by atoms with van der Waals surface area (Å²) in [6, 6.07) is 22.7. The van der Waals surface area contributed by atoms with Crippen LogP contribution in [0.4, 0.5) is 0 Å². The van der Waals surface area contributed by atoms with Gasteiger partial charge in [0.15, 0.2) is 11.3 Å². The molecule has 5 aromatic rings. The van der Waals surface area contributed by atoms with Crippen LogP contribution in [-0.4, -0.2) is 30.8 Å². The molecular formula is C27H25N5O. The van der Waals surface area contributed by atoms with Crippen LogP contribution in [0.3, 0.4) is 0 Å². The third-order valence-corrected chi connectivity index (χ3v) is 6.72. The zero-order valence-corrected chi connectivity index (χ0v) is 18.4. The van der Waals surface area contributed by atoms with Gasteiger partial charge in [-0.1, -0.05) is 54.6 Å². The maximum absolute atomic E-state index is 10.0. The minimum Gasteiger partial charge on any atom is -0.393 e. The van der Waals surface area contributed by atoms with Crippen LogP contribution in [0, 0.1) is 6.92 Å². The fourth-order valence-electron chi connectivity index (χ4n) is 4.98. The van der Waals surface area contributed by atoms with Crippen LogP contribution >= 0.6 is 0 Å². The molecule has 1 aliphatic rings. The highest BCUT2D eigenvalue weighted by Gasteiger charge is 2.36. The van der Waals surface area contributed by atoms with Crippen LogP contribution < -0.4 is 5.73 Å². The Morgan fingerprint density at radius 1 is 1.03 bits per heavy atom. The summed E-state index contributed by atoms with van der Waals surface area (Å²) in [6.07, 6.45) is 3.67. The Bertz CT molecular complexity index is 1480.